The van der Waals surface area contributed by atoms with Crippen molar-refractivity contribution in [1.29, 1.82) is 0 Å². The summed E-state index contributed by atoms with van der Waals surface area (Å²) in [7, 11) is 0. The summed E-state index contributed by atoms with van der Waals surface area (Å²) in [5.41, 5.74) is 5.07. The Balaban J connectivity index is 1.76. The maximum Gasteiger partial charge on any atom is 0.326 e. The predicted octanol–water partition coefficient (Wildman–Crippen LogP) is 5.65. The lowest BCUT2D eigenvalue weighted by atomic mass is 9.97. The average molecular weight is 432 g/mol. The molecule has 0 saturated heterocycles. The molecule has 2 aromatic carbocycles. The van der Waals surface area contributed by atoms with E-state index < -0.39 is 12.0 Å². The van der Waals surface area contributed by atoms with Gasteiger partial charge in [-0.2, -0.15) is 5.21 Å². The Morgan fingerprint density at radius 2 is 1.91 bits per heavy atom. The van der Waals surface area contributed by atoms with E-state index in [4.69, 9.17) is 0 Å². The maximum atomic E-state index is 12.1. The van der Waals surface area contributed by atoms with Crippen LogP contribution in [0.5, 0.6) is 0 Å². The van der Waals surface area contributed by atoms with Crippen molar-refractivity contribution in [3.63, 3.8) is 0 Å². The molecule has 7 nitrogen and oxygen atoms in total. The first-order chi connectivity index (χ1) is 15.6. The van der Waals surface area contributed by atoms with Crippen LogP contribution in [0, 0.1) is 0 Å². The molecular formula is C25H29N5O2. The zero-order valence-electron chi connectivity index (χ0n) is 18.6. The number of aliphatic carboxylic acids is 1. The number of unbranched alkanes of at least 4 members (excludes halogenated alkanes) is 3. The van der Waals surface area contributed by atoms with Crippen molar-refractivity contribution in [3.8, 4) is 22.5 Å². The number of rotatable bonds is 10. The van der Waals surface area contributed by atoms with Crippen molar-refractivity contribution >= 4 is 16.9 Å². The van der Waals surface area contributed by atoms with Crippen molar-refractivity contribution < 1.29 is 9.90 Å². The van der Waals surface area contributed by atoms with Crippen LogP contribution < -0.4 is 0 Å². The molecule has 0 saturated carbocycles. The SMILES string of the molecule is CCCCCCC(C(=O)O)n1cc(CC)c2cc(-c3ccccc3-c3nn[nH]n3)ccc21. The Labute approximate surface area is 187 Å². The number of carboxylic acid groups (broad SMARTS) is 1. The fraction of sp³-hybridized carbons (Fsp3) is 0.360. The van der Waals surface area contributed by atoms with Gasteiger partial charge in [-0.1, -0.05) is 69.9 Å². The number of aryl methyl sites for hydroxylation is 1. The Morgan fingerprint density at radius 3 is 2.59 bits per heavy atom. The van der Waals surface area contributed by atoms with Gasteiger partial charge in [0.2, 0.25) is 5.82 Å². The second kappa shape index (κ2) is 9.77. The molecular weight excluding hydrogens is 402 g/mol. The van der Waals surface area contributed by atoms with E-state index in [1.165, 1.54) is 0 Å². The molecule has 0 aliphatic heterocycles. The third-order valence-electron chi connectivity index (χ3n) is 6.07. The van der Waals surface area contributed by atoms with Gasteiger partial charge in [-0.15, -0.1) is 10.2 Å². The number of aromatic amines is 1. The van der Waals surface area contributed by atoms with E-state index >= 15 is 0 Å². The monoisotopic (exact) mass is 431 g/mol. The van der Waals surface area contributed by atoms with E-state index in [-0.39, 0.29) is 0 Å². The standard InChI is InChI=1S/C25H29N5O2/c1-3-5-6-7-12-23(25(31)32)30-16-17(4-2)21-15-18(13-14-22(21)30)19-10-8-9-11-20(19)24-26-28-29-27-24/h8-11,13-16,23H,3-7,12H2,1-2H3,(H,31,32)(H,26,27,28,29). The van der Waals surface area contributed by atoms with Gasteiger partial charge in [0.25, 0.3) is 0 Å². The van der Waals surface area contributed by atoms with Crippen LogP contribution in [0.2, 0.25) is 0 Å². The minimum Gasteiger partial charge on any atom is -0.480 e. The molecule has 0 aliphatic rings. The van der Waals surface area contributed by atoms with Gasteiger partial charge in [0.05, 0.1) is 0 Å². The molecule has 0 amide bonds. The second-order valence-corrected chi connectivity index (χ2v) is 8.13. The Kier molecular flexibility index (Phi) is 6.63. The molecule has 4 rings (SSSR count). The fourth-order valence-electron chi connectivity index (χ4n) is 4.38. The molecule has 1 unspecified atom stereocenters. The van der Waals surface area contributed by atoms with Gasteiger partial charge >= 0.3 is 5.97 Å². The minimum atomic E-state index is -0.771. The van der Waals surface area contributed by atoms with Crippen molar-refractivity contribution in [2.24, 2.45) is 0 Å². The highest BCUT2D eigenvalue weighted by atomic mass is 16.4. The van der Waals surface area contributed by atoms with Gasteiger partial charge in [-0.05, 0) is 46.9 Å². The summed E-state index contributed by atoms with van der Waals surface area (Å²) in [6.07, 6.45) is 7.77. The number of fused-ring (bicyclic) bond motifs is 1. The van der Waals surface area contributed by atoms with E-state index in [0.717, 1.165) is 65.3 Å². The highest BCUT2D eigenvalue weighted by molar-refractivity contribution is 5.92. The lowest BCUT2D eigenvalue weighted by molar-refractivity contribution is -0.141. The first-order valence-electron chi connectivity index (χ1n) is 11.3. The lowest BCUT2D eigenvalue weighted by Gasteiger charge is -2.16. The number of aromatic nitrogens is 5. The summed E-state index contributed by atoms with van der Waals surface area (Å²) < 4.78 is 1.96. The molecule has 0 spiro atoms. The molecule has 2 N–H and O–H groups in total. The zero-order chi connectivity index (χ0) is 22.5. The van der Waals surface area contributed by atoms with Gasteiger partial charge in [-0.25, -0.2) is 4.79 Å². The number of H-pyrrole nitrogens is 1. The summed E-state index contributed by atoms with van der Waals surface area (Å²) in [6, 6.07) is 13.7. The van der Waals surface area contributed by atoms with E-state index in [9.17, 15) is 9.90 Å². The van der Waals surface area contributed by atoms with Crippen LogP contribution in [-0.2, 0) is 11.2 Å². The molecule has 2 aromatic heterocycles. The second-order valence-electron chi connectivity index (χ2n) is 8.13. The summed E-state index contributed by atoms with van der Waals surface area (Å²) >= 11 is 0. The highest BCUT2D eigenvalue weighted by Gasteiger charge is 2.22. The molecule has 0 bridgehead atoms. The third-order valence-corrected chi connectivity index (χ3v) is 6.07. The summed E-state index contributed by atoms with van der Waals surface area (Å²) in [4.78, 5) is 12.1. The van der Waals surface area contributed by atoms with Crippen molar-refractivity contribution in [1.82, 2.24) is 25.2 Å². The largest absolute Gasteiger partial charge is 0.480 e. The Morgan fingerprint density at radius 1 is 1.09 bits per heavy atom. The molecule has 0 fully saturated rings. The summed E-state index contributed by atoms with van der Waals surface area (Å²) in [5.74, 6) is -0.223. The minimum absolute atomic E-state index is 0.548. The van der Waals surface area contributed by atoms with Crippen molar-refractivity contribution in [2.45, 2.75) is 58.4 Å². The van der Waals surface area contributed by atoms with E-state index in [1.54, 1.807) is 0 Å². The first kappa shape index (κ1) is 21.7. The molecule has 4 aromatic rings. The van der Waals surface area contributed by atoms with E-state index in [0.29, 0.717) is 12.2 Å². The smallest absolute Gasteiger partial charge is 0.326 e. The highest BCUT2D eigenvalue weighted by Crippen LogP contribution is 2.35. The number of hydrogen-bond donors (Lipinski definition) is 2. The van der Waals surface area contributed by atoms with Crippen molar-refractivity contribution in [2.75, 3.05) is 0 Å². The van der Waals surface area contributed by atoms with Crippen LogP contribution in [0.1, 0.15) is 57.6 Å². The van der Waals surface area contributed by atoms with Gasteiger partial charge in [-0.3, -0.25) is 0 Å². The molecule has 0 radical (unpaired) electrons. The van der Waals surface area contributed by atoms with Gasteiger partial charge < -0.3 is 9.67 Å². The van der Waals surface area contributed by atoms with Gasteiger partial charge in [0.1, 0.15) is 6.04 Å². The van der Waals surface area contributed by atoms with Crippen LogP contribution in [0.15, 0.2) is 48.7 Å². The number of carboxylic acids is 1. The topological polar surface area (TPSA) is 96.7 Å². The molecule has 0 aliphatic carbocycles. The van der Waals surface area contributed by atoms with E-state index in [2.05, 4.69) is 40.5 Å². The number of carbonyl (C=O) groups is 1. The zero-order valence-corrected chi connectivity index (χ0v) is 18.6. The Hall–Kier alpha value is -3.48. The molecule has 1 atom stereocenters. The predicted molar refractivity (Wildman–Crippen MR) is 125 cm³/mol. The number of nitrogens with zero attached hydrogens (tertiary/aromatic N) is 4. The number of benzene rings is 2. The normalized spacial score (nSPS) is 12.3. The Bertz CT molecular complexity index is 1200. The van der Waals surface area contributed by atoms with Gasteiger partial charge in [0, 0.05) is 22.7 Å². The lowest BCUT2D eigenvalue weighted by Crippen LogP contribution is -2.18. The number of hydrogen-bond acceptors (Lipinski definition) is 4. The summed E-state index contributed by atoms with van der Waals surface area (Å²) in [6.45, 7) is 4.27. The molecule has 2 heterocycles. The van der Waals surface area contributed by atoms with Crippen molar-refractivity contribution in [3.05, 3.63) is 54.2 Å². The van der Waals surface area contributed by atoms with Crippen LogP contribution in [0.3, 0.4) is 0 Å². The van der Waals surface area contributed by atoms with Gasteiger partial charge in [0.15, 0.2) is 0 Å². The average Bonchev–Trinajstić information content (AvgIpc) is 3.47. The van der Waals surface area contributed by atoms with Crippen LogP contribution in [0.4, 0.5) is 0 Å². The molecule has 32 heavy (non-hydrogen) atoms. The third kappa shape index (κ3) is 4.28. The van der Waals surface area contributed by atoms with E-state index in [1.807, 2.05) is 47.2 Å². The molecule has 166 valence electrons. The molecule has 7 heteroatoms. The fourth-order valence-corrected chi connectivity index (χ4v) is 4.38. The van der Waals surface area contributed by atoms with Crippen LogP contribution in [-0.4, -0.2) is 36.3 Å². The quantitative estimate of drug-likeness (QED) is 0.316. The summed E-state index contributed by atoms with van der Waals surface area (Å²) in [5, 5.41) is 25.5. The number of nitrogens with one attached hydrogen (secondary N) is 1. The van der Waals surface area contributed by atoms with Crippen LogP contribution >= 0.6 is 0 Å². The van der Waals surface area contributed by atoms with Crippen LogP contribution in [0.25, 0.3) is 33.4 Å². The first-order valence-corrected chi connectivity index (χ1v) is 11.3. The number of tetrazole rings is 1. The maximum absolute atomic E-state index is 12.1.